The first-order chi connectivity index (χ1) is 7.13. The molecule has 0 amide bonds. The van der Waals surface area contributed by atoms with E-state index in [0.717, 1.165) is 6.42 Å². The lowest BCUT2D eigenvalue weighted by atomic mass is 10.1. The van der Waals surface area contributed by atoms with Gasteiger partial charge in [0.2, 0.25) is 0 Å². The summed E-state index contributed by atoms with van der Waals surface area (Å²) in [5.74, 6) is 0. The molecule has 0 bridgehead atoms. The maximum absolute atomic E-state index is 4.09. The van der Waals surface area contributed by atoms with Crippen LogP contribution >= 0.6 is 0 Å². The summed E-state index contributed by atoms with van der Waals surface area (Å²) in [4.78, 5) is 4.09. The summed E-state index contributed by atoms with van der Waals surface area (Å²) in [6.07, 6.45) is 7.37. The number of hydrogen-bond donors (Lipinski definition) is 0. The van der Waals surface area contributed by atoms with Gasteiger partial charge in [-0.25, -0.2) is 0 Å². The molecule has 15 heavy (non-hydrogen) atoms. The number of rotatable bonds is 3. The molecule has 1 rings (SSSR count). The maximum atomic E-state index is 4.09. The van der Waals surface area contributed by atoms with Crippen LogP contribution < -0.4 is 0 Å². The first kappa shape index (κ1) is 11.8. The highest BCUT2D eigenvalue weighted by molar-refractivity contribution is 5.82. The van der Waals surface area contributed by atoms with Crippen LogP contribution in [0.3, 0.4) is 0 Å². The van der Waals surface area contributed by atoms with Gasteiger partial charge in [-0.3, -0.25) is 4.99 Å². The summed E-state index contributed by atoms with van der Waals surface area (Å²) in [5, 5.41) is 0. The van der Waals surface area contributed by atoms with Crippen molar-refractivity contribution in [2.45, 2.75) is 27.2 Å². The Balaban J connectivity index is 3.29. The smallest absolute Gasteiger partial charge is 0.0622 e. The van der Waals surface area contributed by atoms with E-state index in [-0.39, 0.29) is 0 Å². The standard InChI is InChI=1S/C13H20N2/c1-6-7-8-12-10(2)11(3)13(9-14-4)15(12)5/h7-9H,6H2,1-5H3. The van der Waals surface area contributed by atoms with Gasteiger partial charge in [0.15, 0.2) is 0 Å². The monoisotopic (exact) mass is 204 g/mol. The fraction of sp³-hybridized carbons (Fsp3) is 0.462. The minimum absolute atomic E-state index is 1.07. The summed E-state index contributed by atoms with van der Waals surface area (Å²) in [6.45, 7) is 6.46. The zero-order chi connectivity index (χ0) is 11.4. The Hall–Kier alpha value is -1.31. The molecule has 0 fully saturated rings. The van der Waals surface area contributed by atoms with Crippen molar-refractivity contribution >= 4 is 12.3 Å². The van der Waals surface area contributed by atoms with E-state index in [4.69, 9.17) is 0 Å². The number of aromatic nitrogens is 1. The topological polar surface area (TPSA) is 17.3 Å². The Bertz CT molecular complexity index is 395. The molecule has 0 atom stereocenters. The second kappa shape index (κ2) is 4.96. The van der Waals surface area contributed by atoms with Gasteiger partial charge in [0.25, 0.3) is 0 Å². The van der Waals surface area contributed by atoms with Crippen molar-refractivity contribution in [1.29, 1.82) is 0 Å². The zero-order valence-corrected chi connectivity index (χ0v) is 10.3. The molecule has 1 aromatic rings. The van der Waals surface area contributed by atoms with Crippen molar-refractivity contribution in [3.05, 3.63) is 28.6 Å². The van der Waals surface area contributed by atoms with Gasteiger partial charge in [-0.15, -0.1) is 0 Å². The van der Waals surface area contributed by atoms with Crippen LogP contribution in [0.2, 0.25) is 0 Å². The van der Waals surface area contributed by atoms with Crippen molar-refractivity contribution in [2.24, 2.45) is 12.0 Å². The van der Waals surface area contributed by atoms with Crippen LogP contribution in [0.4, 0.5) is 0 Å². The van der Waals surface area contributed by atoms with Crippen LogP contribution in [-0.4, -0.2) is 17.8 Å². The molecule has 0 radical (unpaired) electrons. The molecule has 0 saturated heterocycles. The summed E-state index contributed by atoms with van der Waals surface area (Å²) in [7, 11) is 3.90. The van der Waals surface area contributed by atoms with Gasteiger partial charge in [0.1, 0.15) is 0 Å². The van der Waals surface area contributed by atoms with E-state index < -0.39 is 0 Å². The Kier molecular flexibility index (Phi) is 3.89. The molecule has 0 aliphatic rings. The molecule has 0 aliphatic carbocycles. The van der Waals surface area contributed by atoms with Crippen LogP contribution in [0, 0.1) is 13.8 Å². The van der Waals surface area contributed by atoms with E-state index in [1.54, 1.807) is 0 Å². The Morgan fingerprint density at radius 3 is 2.33 bits per heavy atom. The van der Waals surface area contributed by atoms with E-state index >= 15 is 0 Å². The highest BCUT2D eigenvalue weighted by atomic mass is 15.0. The summed E-state index contributed by atoms with van der Waals surface area (Å²) in [5.41, 5.74) is 5.14. The number of aliphatic imine (C=N–C) groups is 1. The summed E-state index contributed by atoms with van der Waals surface area (Å²) in [6, 6.07) is 0. The molecule has 1 heterocycles. The van der Waals surface area contributed by atoms with Crippen molar-refractivity contribution in [2.75, 3.05) is 7.05 Å². The molecule has 2 heteroatoms. The van der Waals surface area contributed by atoms with Crippen molar-refractivity contribution in [1.82, 2.24) is 4.57 Å². The minimum Gasteiger partial charge on any atom is -0.343 e. The van der Waals surface area contributed by atoms with E-state index in [1.165, 1.54) is 22.5 Å². The van der Waals surface area contributed by atoms with E-state index in [2.05, 4.69) is 49.5 Å². The molecule has 0 spiro atoms. The lowest BCUT2D eigenvalue weighted by Gasteiger charge is -2.01. The minimum atomic E-state index is 1.07. The highest BCUT2D eigenvalue weighted by Crippen LogP contribution is 2.20. The largest absolute Gasteiger partial charge is 0.343 e. The van der Waals surface area contributed by atoms with Crippen molar-refractivity contribution < 1.29 is 0 Å². The fourth-order valence-electron chi connectivity index (χ4n) is 1.79. The molecule has 0 N–H and O–H groups in total. The van der Waals surface area contributed by atoms with E-state index in [0.29, 0.717) is 0 Å². The van der Waals surface area contributed by atoms with Crippen molar-refractivity contribution in [3.63, 3.8) is 0 Å². The molecular weight excluding hydrogens is 184 g/mol. The Morgan fingerprint density at radius 1 is 1.20 bits per heavy atom. The average molecular weight is 204 g/mol. The van der Waals surface area contributed by atoms with E-state index in [9.17, 15) is 0 Å². The molecular formula is C13H20N2. The molecule has 0 aromatic carbocycles. The molecule has 0 saturated carbocycles. The van der Waals surface area contributed by atoms with Crippen LogP contribution in [-0.2, 0) is 7.05 Å². The van der Waals surface area contributed by atoms with Crippen LogP contribution in [0.25, 0.3) is 6.08 Å². The van der Waals surface area contributed by atoms with Gasteiger partial charge in [0, 0.05) is 26.0 Å². The van der Waals surface area contributed by atoms with Gasteiger partial charge in [0.05, 0.1) is 5.69 Å². The van der Waals surface area contributed by atoms with Crippen molar-refractivity contribution in [3.8, 4) is 0 Å². The van der Waals surface area contributed by atoms with E-state index in [1.807, 2.05) is 13.3 Å². The van der Waals surface area contributed by atoms with Gasteiger partial charge in [-0.2, -0.15) is 0 Å². The average Bonchev–Trinajstić information content (AvgIpc) is 2.42. The van der Waals surface area contributed by atoms with Gasteiger partial charge in [-0.1, -0.05) is 13.0 Å². The molecule has 0 aliphatic heterocycles. The normalized spacial score (nSPS) is 12.1. The fourth-order valence-corrected chi connectivity index (χ4v) is 1.79. The number of nitrogens with zero attached hydrogens (tertiary/aromatic N) is 2. The summed E-state index contributed by atoms with van der Waals surface area (Å²) >= 11 is 0. The second-order valence-electron chi connectivity index (χ2n) is 3.78. The van der Waals surface area contributed by atoms with Gasteiger partial charge < -0.3 is 4.57 Å². The molecule has 2 nitrogen and oxygen atoms in total. The van der Waals surface area contributed by atoms with Crippen LogP contribution in [0.5, 0.6) is 0 Å². The third-order valence-electron chi connectivity index (χ3n) is 2.82. The first-order valence-electron chi connectivity index (χ1n) is 5.38. The third kappa shape index (κ3) is 2.20. The third-order valence-corrected chi connectivity index (χ3v) is 2.82. The lowest BCUT2D eigenvalue weighted by molar-refractivity contribution is 0.899. The zero-order valence-electron chi connectivity index (χ0n) is 10.3. The molecule has 82 valence electrons. The van der Waals surface area contributed by atoms with Gasteiger partial charge >= 0.3 is 0 Å². The van der Waals surface area contributed by atoms with Crippen LogP contribution in [0.1, 0.15) is 35.9 Å². The first-order valence-corrected chi connectivity index (χ1v) is 5.38. The van der Waals surface area contributed by atoms with Gasteiger partial charge in [-0.05, 0) is 37.5 Å². The SMILES string of the molecule is CCC=Cc1c(C)c(C)c(C=NC)n1C. The lowest BCUT2D eigenvalue weighted by Crippen LogP contribution is -1.98. The number of allylic oxidation sites excluding steroid dienone is 1. The predicted molar refractivity (Wildman–Crippen MR) is 67.7 cm³/mol. The Morgan fingerprint density at radius 2 is 1.80 bits per heavy atom. The summed E-state index contributed by atoms with van der Waals surface area (Å²) < 4.78 is 2.20. The Labute approximate surface area is 92.3 Å². The molecule has 0 unspecified atom stereocenters. The second-order valence-corrected chi connectivity index (χ2v) is 3.78. The van der Waals surface area contributed by atoms with Crippen LogP contribution in [0.15, 0.2) is 11.1 Å². The quantitative estimate of drug-likeness (QED) is 0.673. The highest BCUT2D eigenvalue weighted by Gasteiger charge is 2.10. The maximum Gasteiger partial charge on any atom is 0.0622 e. The number of hydrogen-bond acceptors (Lipinski definition) is 1. The predicted octanol–water partition coefficient (Wildman–Crippen LogP) is 3.11. The molecule has 1 aromatic heterocycles.